The van der Waals surface area contributed by atoms with Crippen molar-refractivity contribution in [1.82, 2.24) is 4.98 Å². The molecule has 0 saturated heterocycles. The monoisotopic (exact) mass is 342 g/mol. The van der Waals surface area contributed by atoms with Crippen molar-refractivity contribution in [3.63, 3.8) is 0 Å². The van der Waals surface area contributed by atoms with Gasteiger partial charge in [-0.05, 0) is 43.3 Å². The van der Waals surface area contributed by atoms with E-state index in [0.29, 0.717) is 11.4 Å². The molecule has 0 aliphatic carbocycles. The molecule has 3 aromatic rings. The average Bonchev–Trinajstić information content (AvgIpc) is 3.01. The van der Waals surface area contributed by atoms with E-state index in [1.165, 1.54) is 24.3 Å². The molecule has 6 heteroatoms. The standard InChI is InChI=1S/C18H15FN2O2S/c1-12-20-17(11-24-12)13-2-6-15(7-3-13)21-18(22)10-23-16-8-4-14(19)5-9-16/h2-9,11H,10H2,1H3,(H,21,22). The minimum atomic E-state index is -0.345. The quantitative estimate of drug-likeness (QED) is 0.753. The lowest BCUT2D eigenvalue weighted by Crippen LogP contribution is -2.20. The number of thiazole rings is 1. The van der Waals surface area contributed by atoms with Gasteiger partial charge in [-0.15, -0.1) is 11.3 Å². The van der Waals surface area contributed by atoms with Crippen molar-refractivity contribution in [1.29, 1.82) is 0 Å². The molecule has 2 aromatic carbocycles. The van der Waals surface area contributed by atoms with Crippen molar-refractivity contribution in [2.24, 2.45) is 0 Å². The Morgan fingerprint density at radius 2 is 1.88 bits per heavy atom. The number of rotatable bonds is 5. The maximum Gasteiger partial charge on any atom is 0.262 e. The SMILES string of the molecule is Cc1nc(-c2ccc(NC(=O)COc3ccc(F)cc3)cc2)cs1. The van der Waals surface area contributed by atoms with Gasteiger partial charge in [-0.2, -0.15) is 0 Å². The van der Waals surface area contributed by atoms with E-state index < -0.39 is 0 Å². The van der Waals surface area contributed by atoms with Crippen molar-refractivity contribution < 1.29 is 13.9 Å². The van der Waals surface area contributed by atoms with Crippen LogP contribution in [0, 0.1) is 12.7 Å². The summed E-state index contributed by atoms with van der Waals surface area (Å²) in [7, 11) is 0. The number of nitrogens with one attached hydrogen (secondary N) is 1. The van der Waals surface area contributed by atoms with Crippen molar-refractivity contribution in [2.45, 2.75) is 6.92 Å². The highest BCUT2D eigenvalue weighted by atomic mass is 32.1. The van der Waals surface area contributed by atoms with Gasteiger partial charge in [-0.25, -0.2) is 9.37 Å². The Morgan fingerprint density at radius 3 is 2.50 bits per heavy atom. The van der Waals surface area contributed by atoms with Gasteiger partial charge in [0, 0.05) is 16.6 Å². The van der Waals surface area contributed by atoms with E-state index >= 15 is 0 Å². The highest BCUT2D eigenvalue weighted by molar-refractivity contribution is 7.09. The zero-order valence-corrected chi connectivity index (χ0v) is 13.8. The topological polar surface area (TPSA) is 51.2 Å². The smallest absolute Gasteiger partial charge is 0.262 e. The molecular weight excluding hydrogens is 327 g/mol. The molecular formula is C18H15FN2O2S. The van der Waals surface area contributed by atoms with Gasteiger partial charge in [0.2, 0.25) is 0 Å². The van der Waals surface area contributed by atoms with E-state index in [-0.39, 0.29) is 18.3 Å². The number of anilines is 1. The number of hydrogen-bond donors (Lipinski definition) is 1. The number of aromatic nitrogens is 1. The van der Waals surface area contributed by atoms with Crippen molar-refractivity contribution in [3.8, 4) is 17.0 Å². The summed E-state index contributed by atoms with van der Waals surface area (Å²) >= 11 is 1.60. The number of nitrogens with zero attached hydrogens (tertiary/aromatic N) is 1. The number of halogens is 1. The van der Waals surface area contributed by atoms with Crippen LogP contribution >= 0.6 is 11.3 Å². The van der Waals surface area contributed by atoms with Gasteiger partial charge in [0.1, 0.15) is 11.6 Å². The van der Waals surface area contributed by atoms with Crippen LogP contribution in [0.4, 0.5) is 10.1 Å². The van der Waals surface area contributed by atoms with Crippen LogP contribution in [-0.4, -0.2) is 17.5 Å². The minimum Gasteiger partial charge on any atom is -0.484 e. The Hall–Kier alpha value is -2.73. The van der Waals surface area contributed by atoms with Gasteiger partial charge in [0.15, 0.2) is 6.61 Å². The number of hydrogen-bond acceptors (Lipinski definition) is 4. The van der Waals surface area contributed by atoms with Crippen LogP contribution in [0.15, 0.2) is 53.9 Å². The Labute approximate surface area is 142 Å². The first-order chi connectivity index (χ1) is 11.6. The van der Waals surface area contributed by atoms with Crippen LogP contribution in [0.2, 0.25) is 0 Å². The molecule has 0 bridgehead atoms. The summed E-state index contributed by atoms with van der Waals surface area (Å²) in [6.45, 7) is 1.82. The zero-order valence-electron chi connectivity index (χ0n) is 13.0. The first kappa shape index (κ1) is 16.1. The summed E-state index contributed by atoms with van der Waals surface area (Å²) < 4.78 is 18.1. The van der Waals surface area contributed by atoms with E-state index in [0.717, 1.165) is 16.3 Å². The molecule has 0 unspecified atom stereocenters. The van der Waals surface area contributed by atoms with Gasteiger partial charge < -0.3 is 10.1 Å². The molecule has 1 aromatic heterocycles. The maximum absolute atomic E-state index is 12.8. The molecule has 0 spiro atoms. The number of carbonyl (C=O) groups is 1. The Morgan fingerprint density at radius 1 is 1.17 bits per heavy atom. The largest absolute Gasteiger partial charge is 0.484 e. The Bertz CT molecular complexity index is 829. The van der Waals surface area contributed by atoms with Gasteiger partial charge in [-0.3, -0.25) is 4.79 Å². The number of carbonyl (C=O) groups excluding carboxylic acids is 1. The van der Waals surface area contributed by atoms with E-state index in [9.17, 15) is 9.18 Å². The normalized spacial score (nSPS) is 10.4. The molecule has 122 valence electrons. The summed E-state index contributed by atoms with van der Waals surface area (Å²) in [5.74, 6) is -0.181. The van der Waals surface area contributed by atoms with Crippen LogP contribution in [0.3, 0.4) is 0 Å². The fraction of sp³-hybridized carbons (Fsp3) is 0.111. The van der Waals surface area contributed by atoms with E-state index in [1.807, 2.05) is 36.6 Å². The predicted octanol–water partition coefficient (Wildman–Crippen LogP) is 4.28. The van der Waals surface area contributed by atoms with Crippen LogP contribution in [0.1, 0.15) is 5.01 Å². The molecule has 0 fully saturated rings. The molecule has 24 heavy (non-hydrogen) atoms. The van der Waals surface area contributed by atoms with Crippen LogP contribution < -0.4 is 10.1 Å². The molecule has 0 atom stereocenters. The summed E-state index contributed by atoms with van der Waals surface area (Å²) in [4.78, 5) is 16.3. The Balaban J connectivity index is 1.55. The van der Waals surface area contributed by atoms with Gasteiger partial charge in [0.25, 0.3) is 5.91 Å². The van der Waals surface area contributed by atoms with Gasteiger partial charge in [-0.1, -0.05) is 12.1 Å². The number of ether oxygens (including phenoxy) is 1. The Kier molecular flexibility index (Phi) is 4.86. The molecule has 1 heterocycles. The summed E-state index contributed by atoms with van der Waals surface area (Å²) in [5, 5.41) is 5.77. The third kappa shape index (κ3) is 4.17. The van der Waals surface area contributed by atoms with Gasteiger partial charge >= 0.3 is 0 Å². The fourth-order valence-corrected chi connectivity index (χ4v) is 2.72. The molecule has 1 N–H and O–H groups in total. The fourth-order valence-electron chi connectivity index (χ4n) is 2.10. The molecule has 0 aliphatic heterocycles. The molecule has 0 saturated carbocycles. The molecule has 1 amide bonds. The zero-order chi connectivity index (χ0) is 16.9. The van der Waals surface area contributed by atoms with Crippen molar-refractivity contribution >= 4 is 22.9 Å². The van der Waals surface area contributed by atoms with Crippen LogP contribution in [0.5, 0.6) is 5.75 Å². The number of amides is 1. The van der Waals surface area contributed by atoms with Gasteiger partial charge in [0.05, 0.1) is 10.7 Å². The summed E-state index contributed by atoms with van der Waals surface area (Å²) in [6, 6.07) is 13.0. The first-order valence-electron chi connectivity index (χ1n) is 7.31. The number of benzene rings is 2. The second kappa shape index (κ2) is 7.23. The molecule has 0 radical (unpaired) electrons. The highest BCUT2D eigenvalue weighted by Crippen LogP contribution is 2.23. The average molecular weight is 342 g/mol. The molecule has 4 nitrogen and oxygen atoms in total. The number of aryl methyl sites for hydroxylation is 1. The second-order valence-electron chi connectivity index (χ2n) is 5.12. The third-order valence-corrected chi connectivity index (χ3v) is 4.04. The van der Waals surface area contributed by atoms with Crippen LogP contribution in [-0.2, 0) is 4.79 Å². The highest BCUT2D eigenvalue weighted by Gasteiger charge is 2.06. The minimum absolute atomic E-state index is 0.140. The lowest BCUT2D eigenvalue weighted by Gasteiger charge is -2.08. The predicted molar refractivity (Wildman–Crippen MR) is 92.8 cm³/mol. The van der Waals surface area contributed by atoms with Crippen molar-refractivity contribution in [3.05, 3.63) is 64.7 Å². The van der Waals surface area contributed by atoms with E-state index in [1.54, 1.807) is 11.3 Å². The lowest BCUT2D eigenvalue weighted by atomic mass is 10.1. The first-order valence-corrected chi connectivity index (χ1v) is 8.19. The molecule has 0 aliphatic rings. The summed E-state index contributed by atoms with van der Waals surface area (Å²) in [5.41, 5.74) is 2.60. The lowest BCUT2D eigenvalue weighted by molar-refractivity contribution is -0.118. The third-order valence-electron chi connectivity index (χ3n) is 3.27. The van der Waals surface area contributed by atoms with Crippen LogP contribution in [0.25, 0.3) is 11.3 Å². The summed E-state index contributed by atoms with van der Waals surface area (Å²) in [6.07, 6.45) is 0. The van der Waals surface area contributed by atoms with E-state index in [2.05, 4.69) is 10.3 Å². The van der Waals surface area contributed by atoms with E-state index in [4.69, 9.17) is 4.74 Å². The maximum atomic E-state index is 12.8. The van der Waals surface area contributed by atoms with Crippen molar-refractivity contribution in [2.75, 3.05) is 11.9 Å². The second-order valence-corrected chi connectivity index (χ2v) is 6.18. The molecule has 3 rings (SSSR count).